The molecule has 23 heavy (non-hydrogen) atoms. The van der Waals surface area contributed by atoms with Gasteiger partial charge in [0, 0.05) is 24.7 Å². The zero-order chi connectivity index (χ0) is 16.6. The predicted molar refractivity (Wildman–Crippen MR) is 82.6 cm³/mol. The van der Waals surface area contributed by atoms with Gasteiger partial charge in [-0.3, -0.25) is 9.59 Å². The fourth-order valence-electron chi connectivity index (χ4n) is 3.45. The lowest BCUT2D eigenvalue weighted by atomic mass is 9.71. The van der Waals surface area contributed by atoms with E-state index < -0.39 is 23.2 Å². The van der Waals surface area contributed by atoms with E-state index in [1.54, 1.807) is 0 Å². The van der Waals surface area contributed by atoms with Crippen molar-refractivity contribution < 1.29 is 19.1 Å². The van der Waals surface area contributed by atoms with Gasteiger partial charge in [-0.15, -0.1) is 0 Å². The smallest absolute Gasteiger partial charge is 0.256 e. The summed E-state index contributed by atoms with van der Waals surface area (Å²) in [5, 5.41) is 13.4. The number of nitrogens with zero attached hydrogens (tertiary/aromatic N) is 1. The summed E-state index contributed by atoms with van der Waals surface area (Å²) < 4.78 is 13.9. The average molecular weight is 341 g/mol. The van der Waals surface area contributed by atoms with Gasteiger partial charge in [0.1, 0.15) is 5.82 Å². The molecular formula is C16H18ClFN2O3. The number of nitrogens with one attached hydrogen (secondary N) is 1. The quantitative estimate of drug-likeness (QED) is 0.815. The Hall–Kier alpha value is -1.66. The number of halogens is 2. The first-order valence-corrected chi connectivity index (χ1v) is 8.02. The van der Waals surface area contributed by atoms with E-state index >= 15 is 0 Å². The maximum atomic E-state index is 13.9. The molecule has 0 aromatic heterocycles. The predicted octanol–water partition coefficient (Wildman–Crippen LogP) is 1.58. The highest BCUT2D eigenvalue weighted by molar-refractivity contribution is 6.31. The third kappa shape index (κ3) is 2.81. The van der Waals surface area contributed by atoms with Crippen molar-refractivity contribution in [1.29, 1.82) is 0 Å². The van der Waals surface area contributed by atoms with Crippen LogP contribution in [0.4, 0.5) is 4.39 Å². The van der Waals surface area contributed by atoms with E-state index in [-0.39, 0.29) is 29.6 Å². The molecule has 2 aliphatic rings. The Kier molecular flexibility index (Phi) is 4.29. The van der Waals surface area contributed by atoms with Crippen LogP contribution in [0.5, 0.6) is 0 Å². The summed E-state index contributed by atoms with van der Waals surface area (Å²) in [7, 11) is 0. The van der Waals surface area contributed by atoms with Crippen molar-refractivity contribution in [2.75, 3.05) is 19.6 Å². The molecule has 0 bridgehead atoms. The molecule has 0 aliphatic carbocycles. The van der Waals surface area contributed by atoms with Crippen LogP contribution in [0.3, 0.4) is 0 Å². The van der Waals surface area contributed by atoms with Gasteiger partial charge in [-0.05, 0) is 37.5 Å². The number of carbonyl (C=O) groups excluding carboxylic acids is 2. The number of benzene rings is 1. The number of hydrogen-bond acceptors (Lipinski definition) is 3. The van der Waals surface area contributed by atoms with Gasteiger partial charge in [0.25, 0.3) is 5.91 Å². The molecule has 2 fully saturated rings. The van der Waals surface area contributed by atoms with E-state index in [1.165, 1.54) is 17.0 Å². The highest BCUT2D eigenvalue weighted by atomic mass is 35.5. The van der Waals surface area contributed by atoms with Crippen LogP contribution in [0.2, 0.25) is 5.02 Å². The topological polar surface area (TPSA) is 69.6 Å². The number of rotatable bonds is 1. The van der Waals surface area contributed by atoms with Crippen molar-refractivity contribution in [3.05, 3.63) is 34.6 Å². The zero-order valence-corrected chi connectivity index (χ0v) is 13.3. The molecule has 3 rings (SSSR count). The lowest BCUT2D eigenvalue weighted by Gasteiger charge is -2.46. The molecule has 0 saturated carbocycles. The van der Waals surface area contributed by atoms with Crippen LogP contribution in [0.15, 0.2) is 18.2 Å². The Morgan fingerprint density at radius 2 is 2.26 bits per heavy atom. The minimum Gasteiger partial charge on any atom is -0.392 e. The number of carbonyl (C=O) groups is 2. The van der Waals surface area contributed by atoms with Crippen LogP contribution < -0.4 is 5.32 Å². The maximum absolute atomic E-state index is 13.9. The summed E-state index contributed by atoms with van der Waals surface area (Å²) >= 11 is 5.85. The normalized spacial score (nSPS) is 27.9. The van der Waals surface area contributed by atoms with Gasteiger partial charge in [0.15, 0.2) is 0 Å². The van der Waals surface area contributed by atoms with E-state index in [1.807, 2.05) is 0 Å². The number of aliphatic hydroxyl groups is 1. The van der Waals surface area contributed by atoms with E-state index in [9.17, 15) is 19.1 Å². The largest absolute Gasteiger partial charge is 0.392 e. The molecule has 7 heteroatoms. The van der Waals surface area contributed by atoms with Gasteiger partial charge >= 0.3 is 0 Å². The molecule has 2 aliphatic heterocycles. The van der Waals surface area contributed by atoms with E-state index in [0.29, 0.717) is 19.4 Å². The molecule has 5 nitrogen and oxygen atoms in total. The molecule has 1 spiro atoms. The van der Waals surface area contributed by atoms with Crippen LogP contribution in [0.25, 0.3) is 0 Å². The Balaban J connectivity index is 1.87. The lowest BCUT2D eigenvalue weighted by molar-refractivity contribution is -0.147. The lowest BCUT2D eigenvalue weighted by Crippen LogP contribution is -2.62. The van der Waals surface area contributed by atoms with Gasteiger partial charge < -0.3 is 15.3 Å². The molecule has 2 atom stereocenters. The van der Waals surface area contributed by atoms with Gasteiger partial charge in [0.05, 0.1) is 17.1 Å². The zero-order valence-electron chi connectivity index (χ0n) is 12.5. The third-order valence-electron chi connectivity index (χ3n) is 4.77. The van der Waals surface area contributed by atoms with Crippen molar-refractivity contribution in [1.82, 2.24) is 10.2 Å². The number of likely N-dealkylation sites (tertiary alicyclic amines) is 1. The van der Waals surface area contributed by atoms with E-state index in [4.69, 9.17) is 11.6 Å². The minimum absolute atomic E-state index is 0.0881. The second-order valence-electron chi connectivity index (χ2n) is 6.17. The second-order valence-corrected chi connectivity index (χ2v) is 6.61. The Morgan fingerprint density at radius 1 is 1.48 bits per heavy atom. The van der Waals surface area contributed by atoms with Crippen LogP contribution in [-0.2, 0) is 4.79 Å². The SMILES string of the molecule is O=C(c1cc(Cl)ccc1F)N1CC[C@@H](O)[C@@]2(CCCNC2=O)C1. The highest BCUT2D eigenvalue weighted by Crippen LogP contribution is 2.37. The summed E-state index contributed by atoms with van der Waals surface area (Å²) in [5.41, 5.74) is -1.11. The first-order valence-electron chi connectivity index (χ1n) is 7.65. The fourth-order valence-corrected chi connectivity index (χ4v) is 3.62. The van der Waals surface area contributed by atoms with Crippen molar-refractivity contribution >= 4 is 23.4 Å². The minimum atomic E-state index is -0.999. The number of amides is 2. The summed E-state index contributed by atoms with van der Waals surface area (Å²) in [6.07, 6.45) is 0.760. The monoisotopic (exact) mass is 340 g/mol. The van der Waals surface area contributed by atoms with Gasteiger partial charge in [-0.1, -0.05) is 11.6 Å². The molecule has 0 radical (unpaired) electrons. The van der Waals surface area contributed by atoms with Crippen molar-refractivity contribution in [2.45, 2.75) is 25.4 Å². The number of aliphatic hydroxyl groups excluding tert-OH is 1. The van der Waals surface area contributed by atoms with E-state index in [2.05, 4.69) is 5.32 Å². The standard InChI is InChI=1S/C16H18ClFN2O3/c17-10-2-3-12(18)11(8-10)14(22)20-7-4-13(21)16(9-20)5-1-6-19-15(16)23/h2-3,8,13,21H,1,4-7,9H2,(H,19,23)/t13-,16-/m1/s1. The van der Waals surface area contributed by atoms with Gasteiger partial charge in [0.2, 0.25) is 5.91 Å². The van der Waals surface area contributed by atoms with Crippen LogP contribution in [0, 0.1) is 11.2 Å². The summed E-state index contributed by atoms with van der Waals surface area (Å²) in [6.45, 7) is 0.940. The first kappa shape index (κ1) is 16.2. The second kappa shape index (κ2) is 6.09. The average Bonchev–Trinajstić information content (AvgIpc) is 2.54. The number of piperidine rings is 2. The van der Waals surface area contributed by atoms with Crippen LogP contribution >= 0.6 is 11.6 Å². The Morgan fingerprint density at radius 3 is 3.00 bits per heavy atom. The summed E-state index contributed by atoms with van der Waals surface area (Å²) in [6, 6.07) is 3.82. The summed E-state index contributed by atoms with van der Waals surface area (Å²) in [4.78, 5) is 26.4. The Bertz CT molecular complexity index is 654. The highest BCUT2D eigenvalue weighted by Gasteiger charge is 2.50. The fraction of sp³-hybridized carbons (Fsp3) is 0.500. The molecule has 2 saturated heterocycles. The molecular weight excluding hydrogens is 323 g/mol. The molecule has 2 amide bonds. The molecule has 124 valence electrons. The van der Waals surface area contributed by atoms with Crippen LogP contribution in [-0.4, -0.2) is 47.6 Å². The van der Waals surface area contributed by atoms with Gasteiger partial charge in [-0.2, -0.15) is 0 Å². The number of hydrogen-bond donors (Lipinski definition) is 2. The van der Waals surface area contributed by atoms with Gasteiger partial charge in [-0.25, -0.2) is 4.39 Å². The Labute approximate surface area is 138 Å². The molecule has 2 N–H and O–H groups in total. The molecule has 1 aromatic rings. The van der Waals surface area contributed by atoms with Crippen LogP contribution in [0.1, 0.15) is 29.6 Å². The molecule has 1 aromatic carbocycles. The van der Waals surface area contributed by atoms with Crippen molar-refractivity contribution in [2.24, 2.45) is 5.41 Å². The maximum Gasteiger partial charge on any atom is 0.256 e. The molecule has 0 unspecified atom stereocenters. The van der Waals surface area contributed by atoms with Crippen molar-refractivity contribution in [3.63, 3.8) is 0 Å². The summed E-state index contributed by atoms with van der Waals surface area (Å²) in [5.74, 6) is -1.39. The van der Waals surface area contributed by atoms with E-state index in [0.717, 1.165) is 12.5 Å². The third-order valence-corrected chi connectivity index (χ3v) is 5.00. The molecule has 2 heterocycles. The first-order chi connectivity index (χ1) is 10.9. The van der Waals surface area contributed by atoms with Crippen molar-refractivity contribution in [3.8, 4) is 0 Å².